The van der Waals surface area contributed by atoms with Gasteiger partial charge >= 0.3 is 0 Å². The standard InChI is InChI=1S/C13H12BrN3O3/c1-7-13(14)8(2)16(15-7)12-5-4-10(17(19)20)6-11(12)9(3)18/h4-6H,1-3H3. The minimum Gasteiger partial charge on any atom is -0.294 e. The molecule has 0 aliphatic carbocycles. The number of Topliss-reactive ketones (excluding diaryl/α,β-unsaturated/α-hetero) is 1. The highest BCUT2D eigenvalue weighted by molar-refractivity contribution is 9.10. The van der Waals surface area contributed by atoms with Gasteiger partial charge in [0.25, 0.3) is 5.69 Å². The molecule has 0 unspecified atom stereocenters. The second-order valence-electron chi connectivity index (χ2n) is 4.41. The van der Waals surface area contributed by atoms with Crippen molar-refractivity contribution >= 4 is 27.4 Å². The fraction of sp³-hybridized carbons (Fsp3) is 0.231. The quantitative estimate of drug-likeness (QED) is 0.488. The molecule has 0 aliphatic heterocycles. The lowest BCUT2D eigenvalue weighted by atomic mass is 10.1. The third-order valence-corrected chi connectivity index (χ3v) is 4.15. The summed E-state index contributed by atoms with van der Waals surface area (Å²) in [6.45, 7) is 5.07. The molecule has 0 fully saturated rings. The summed E-state index contributed by atoms with van der Waals surface area (Å²) in [5.41, 5.74) is 2.32. The van der Waals surface area contributed by atoms with Crippen molar-refractivity contribution in [3.05, 3.63) is 49.7 Å². The molecular weight excluding hydrogens is 326 g/mol. The second-order valence-corrected chi connectivity index (χ2v) is 5.20. The first-order valence-electron chi connectivity index (χ1n) is 5.84. The molecule has 1 aromatic carbocycles. The number of rotatable bonds is 3. The summed E-state index contributed by atoms with van der Waals surface area (Å²) >= 11 is 3.42. The zero-order chi connectivity index (χ0) is 15.0. The van der Waals surface area contributed by atoms with Crippen LogP contribution in [0.1, 0.15) is 28.7 Å². The fourth-order valence-corrected chi connectivity index (χ4v) is 2.21. The number of non-ortho nitro benzene ring substituents is 1. The second kappa shape index (κ2) is 5.16. The molecule has 0 saturated heterocycles. The van der Waals surface area contributed by atoms with Crippen LogP contribution in [-0.4, -0.2) is 20.5 Å². The maximum Gasteiger partial charge on any atom is 0.270 e. The number of aromatic nitrogens is 2. The van der Waals surface area contributed by atoms with Crippen LogP contribution in [0.2, 0.25) is 0 Å². The number of hydrogen-bond donors (Lipinski definition) is 0. The van der Waals surface area contributed by atoms with Gasteiger partial charge in [-0.1, -0.05) is 0 Å². The summed E-state index contributed by atoms with van der Waals surface area (Å²) in [6.07, 6.45) is 0. The van der Waals surface area contributed by atoms with Gasteiger partial charge in [0.15, 0.2) is 5.78 Å². The van der Waals surface area contributed by atoms with Crippen molar-refractivity contribution in [3.63, 3.8) is 0 Å². The first kappa shape index (κ1) is 14.4. The van der Waals surface area contributed by atoms with E-state index in [2.05, 4.69) is 21.0 Å². The molecule has 0 atom stereocenters. The minimum atomic E-state index is -0.521. The Hall–Kier alpha value is -2.02. The third kappa shape index (κ3) is 2.36. The fourth-order valence-electron chi connectivity index (χ4n) is 1.96. The van der Waals surface area contributed by atoms with Crippen molar-refractivity contribution in [1.82, 2.24) is 9.78 Å². The molecule has 0 N–H and O–H groups in total. The van der Waals surface area contributed by atoms with Crippen LogP contribution in [0.5, 0.6) is 0 Å². The molecule has 1 aromatic heterocycles. The molecule has 0 saturated carbocycles. The minimum absolute atomic E-state index is 0.112. The maximum atomic E-state index is 11.7. The van der Waals surface area contributed by atoms with Gasteiger partial charge in [0, 0.05) is 17.7 Å². The predicted octanol–water partition coefficient (Wildman–Crippen LogP) is 3.36. The van der Waals surface area contributed by atoms with Crippen LogP contribution in [0.4, 0.5) is 5.69 Å². The van der Waals surface area contributed by atoms with Gasteiger partial charge in [0.1, 0.15) is 0 Å². The van der Waals surface area contributed by atoms with E-state index in [4.69, 9.17) is 0 Å². The lowest BCUT2D eigenvalue weighted by Gasteiger charge is -2.09. The van der Waals surface area contributed by atoms with Crippen LogP contribution in [0, 0.1) is 24.0 Å². The lowest BCUT2D eigenvalue weighted by molar-refractivity contribution is -0.384. The van der Waals surface area contributed by atoms with Crippen molar-refractivity contribution in [2.75, 3.05) is 0 Å². The van der Waals surface area contributed by atoms with Gasteiger partial charge in [-0.2, -0.15) is 5.10 Å². The number of halogens is 1. The van der Waals surface area contributed by atoms with Gasteiger partial charge in [0.2, 0.25) is 0 Å². The molecule has 1 heterocycles. The number of carbonyl (C=O) groups excluding carboxylic acids is 1. The smallest absolute Gasteiger partial charge is 0.270 e. The van der Waals surface area contributed by atoms with E-state index in [1.165, 1.54) is 19.1 Å². The van der Waals surface area contributed by atoms with Crippen molar-refractivity contribution < 1.29 is 9.72 Å². The van der Waals surface area contributed by atoms with E-state index in [1.54, 1.807) is 10.7 Å². The Labute approximate surface area is 123 Å². The number of nitro benzene ring substituents is 1. The van der Waals surface area contributed by atoms with E-state index in [0.717, 1.165) is 15.9 Å². The molecule has 0 amide bonds. The molecule has 20 heavy (non-hydrogen) atoms. The highest BCUT2D eigenvalue weighted by atomic mass is 79.9. The molecular formula is C13H12BrN3O3. The van der Waals surface area contributed by atoms with Crippen LogP contribution in [-0.2, 0) is 0 Å². The Kier molecular flexibility index (Phi) is 3.71. The van der Waals surface area contributed by atoms with Crippen LogP contribution in [0.3, 0.4) is 0 Å². The highest BCUT2D eigenvalue weighted by Gasteiger charge is 2.18. The van der Waals surface area contributed by atoms with Gasteiger partial charge in [-0.25, -0.2) is 4.68 Å². The maximum absolute atomic E-state index is 11.7. The number of ketones is 1. The Morgan fingerprint density at radius 2 is 2.05 bits per heavy atom. The number of benzene rings is 1. The Bertz CT molecular complexity index is 722. The number of aryl methyl sites for hydroxylation is 1. The van der Waals surface area contributed by atoms with Crippen molar-refractivity contribution in [2.24, 2.45) is 0 Å². The van der Waals surface area contributed by atoms with Gasteiger partial charge in [0.05, 0.1) is 26.5 Å². The number of hydrogen-bond acceptors (Lipinski definition) is 4. The molecule has 6 nitrogen and oxygen atoms in total. The van der Waals surface area contributed by atoms with Crippen molar-refractivity contribution in [1.29, 1.82) is 0 Å². The molecule has 2 aromatic rings. The Balaban J connectivity index is 2.70. The summed E-state index contributed by atoms with van der Waals surface area (Å²) in [7, 11) is 0. The van der Waals surface area contributed by atoms with E-state index >= 15 is 0 Å². The average Bonchev–Trinajstić information content (AvgIpc) is 2.65. The van der Waals surface area contributed by atoms with Crippen molar-refractivity contribution in [2.45, 2.75) is 20.8 Å². The molecule has 0 spiro atoms. The zero-order valence-corrected chi connectivity index (χ0v) is 12.8. The van der Waals surface area contributed by atoms with Crippen molar-refractivity contribution in [3.8, 4) is 5.69 Å². The largest absolute Gasteiger partial charge is 0.294 e. The first-order chi connectivity index (χ1) is 9.32. The van der Waals surface area contributed by atoms with Crippen LogP contribution < -0.4 is 0 Å². The van der Waals surface area contributed by atoms with E-state index in [1.807, 2.05) is 13.8 Å². The van der Waals surface area contributed by atoms with E-state index in [9.17, 15) is 14.9 Å². The zero-order valence-electron chi connectivity index (χ0n) is 11.2. The molecule has 104 valence electrons. The van der Waals surface area contributed by atoms with E-state index in [-0.39, 0.29) is 17.0 Å². The molecule has 2 rings (SSSR count). The monoisotopic (exact) mass is 337 g/mol. The molecule has 0 radical (unpaired) electrons. The van der Waals surface area contributed by atoms with Gasteiger partial charge in [-0.05, 0) is 42.8 Å². The number of carbonyl (C=O) groups is 1. The van der Waals surface area contributed by atoms with Gasteiger partial charge < -0.3 is 0 Å². The molecule has 0 bridgehead atoms. The van der Waals surface area contributed by atoms with Gasteiger partial charge in [-0.15, -0.1) is 0 Å². The summed E-state index contributed by atoms with van der Waals surface area (Å²) in [5, 5.41) is 15.2. The molecule has 7 heteroatoms. The summed E-state index contributed by atoms with van der Waals surface area (Å²) < 4.78 is 2.46. The third-order valence-electron chi connectivity index (χ3n) is 3.00. The van der Waals surface area contributed by atoms with Crippen LogP contribution in [0.25, 0.3) is 5.69 Å². The van der Waals surface area contributed by atoms with E-state index < -0.39 is 4.92 Å². The van der Waals surface area contributed by atoms with E-state index in [0.29, 0.717) is 5.69 Å². The SMILES string of the molecule is CC(=O)c1cc([N+](=O)[O-])ccc1-n1nc(C)c(Br)c1C. The summed E-state index contributed by atoms with van der Waals surface area (Å²) in [6, 6.07) is 4.19. The Morgan fingerprint density at radius 3 is 2.50 bits per heavy atom. The van der Waals surface area contributed by atoms with Gasteiger partial charge in [-0.3, -0.25) is 14.9 Å². The highest BCUT2D eigenvalue weighted by Crippen LogP contribution is 2.27. The predicted molar refractivity (Wildman–Crippen MR) is 77.4 cm³/mol. The van der Waals surface area contributed by atoms with Crippen LogP contribution >= 0.6 is 15.9 Å². The average molecular weight is 338 g/mol. The number of nitro groups is 1. The topological polar surface area (TPSA) is 78.0 Å². The lowest BCUT2D eigenvalue weighted by Crippen LogP contribution is -2.07. The molecule has 0 aliphatic rings. The summed E-state index contributed by atoms with van der Waals surface area (Å²) in [5.74, 6) is -0.243. The summed E-state index contributed by atoms with van der Waals surface area (Å²) in [4.78, 5) is 22.0. The normalized spacial score (nSPS) is 10.6. The van der Waals surface area contributed by atoms with Crippen LogP contribution in [0.15, 0.2) is 22.7 Å². The Morgan fingerprint density at radius 1 is 1.40 bits per heavy atom. The number of nitrogens with zero attached hydrogens (tertiary/aromatic N) is 3. The first-order valence-corrected chi connectivity index (χ1v) is 6.63.